The van der Waals surface area contributed by atoms with E-state index in [1.807, 2.05) is 30.9 Å². The van der Waals surface area contributed by atoms with Crippen LogP contribution in [0.1, 0.15) is 61.7 Å². The second-order valence-electron chi connectivity index (χ2n) is 9.43. The van der Waals surface area contributed by atoms with Gasteiger partial charge in [0.25, 0.3) is 5.91 Å². The number of aryl methyl sites for hydroxylation is 1. The minimum absolute atomic E-state index is 0.0114. The summed E-state index contributed by atoms with van der Waals surface area (Å²) in [4.78, 5) is 27.0. The first-order chi connectivity index (χ1) is 15.3. The molecule has 172 valence electrons. The van der Waals surface area contributed by atoms with Crippen molar-refractivity contribution in [2.24, 2.45) is 0 Å². The van der Waals surface area contributed by atoms with Crippen LogP contribution in [-0.4, -0.2) is 53.1 Å². The van der Waals surface area contributed by atoms with Crippen molar-refractivity contribution < 1.29 is 13.9 Å². The molecule has 1 amide bonds. The first kappa shape index (κ1) is 22.6. The normalized spacial score (nSPS) is 19.1. The Morgan fingerprint density at radius 3 is 2.66 bits per heavy atom. The van der Waals surface area contributed by atoms with E-state index in [2.05, 4.69) is 11.8 Å². The van der Waals surface area contributed by atoms with Crippen molar-refractivity contribution in [3.8, 4) is 0 Å². The summed E-state index contributed by atoms with van der Waals surface area (Å²) in [5.74, 6) is 1.71. The number of halogens is 1. The first-order valence-corrected chi connectivity index (χ1v) is 11.5. The van der Waals surface area contributed by atoms with Gasteiger partial charge in [-0.1, -0.05) is 12.1 Å². The van der Waals surface area contributed by atoms with Gasteiger partial charge in [0.1, 0.15) is 23.1 Å². The molecule has 0 N–H and O–H groups in total. The zero-order valence-corrected chi connectivity index (χ0v) is 19.5. The number of carbonyl (C=O) groups excluding carboxylic acids is 1. The standard InChI is InChI=1S/C25H33FN4O2/c1-17-21-8-6-13-29(15-18-9-11-20(26)12-10-18)23(21)28-22(27-17)19-7-5-14-30(16-19)24(31)25(2,3)32-4/h9-12,19H,5-8,13-16H2,1-4H3. The number of anilines is 1. The van der Waals surface area contributed by atoms with Gasteiger partial charge in [0.15, 0.2) is 0 Å². The Morgan fingerprint density at radius 1 is 1.19 bits per heavy atom. The smallest absolute Gasteiger partial charge is 0.254 e. The molecule has 0 bridgehead atoms. The number of carbonyl (C=O) groups is 1. The highest BCUT2D eigenvalue weighted by Gasteiger charge is 2.36. The Hall–Kier alpha value is -2.54. The summed E-state index contributed by atoms with van der Waals surface area (Å²) in [6.45, 7) is 8.64. The summed E-state index contributed by atoms with van der Waals surface area (Å²) in [5, 5.41) is 0. The van der Waals surface area contributed by atoms with Crippen molar-refractivity contribution in [2.75, 3.05) is 31.6 Å². The molecule has 4 rings (SSSR count). The van der Waals surface area contributed by atoms with E-state index in [0.717, 1.165) is 61.7 Å². The molecule has 0 saturated carbocycles. The zero-order valence-electron chi connectivity index (χ0n) is 19.5. The maximum absolute atomic E-state index is 13.3. The number of benzene rings is 1. The van der Waals surface area contributed by atoms with Gasteiger partial charge in [0.2, 0.25) is 0 Å². The van der Waals surface area contributed by atoms with Crippen LogP contribution < -0.4 is 4.90 Å². The summed E-state index contributed by atoms with van der Waals surface area (Å²) < 4.78 is 18.7. The lowest BCUT2D eigenvalue weighted by Gasteiger charge is -2.37. The molecule has 1 aromatic heterocycles. The van der Waals surface area contributed by atoms with Gasteiger partial charge in [-0.2, -0.15) is 0 Å². The molecule has 32 heavy (non-hydrogen) atoms. The highest BCUT2D eigenvalue weighted by molar-refractivity contribution is 5.84. The van der Waals surface area contributed by atoms with Crippen LogP contribution in [-0.2, 0) is 22.5 Å². The average Bonchev–Trinajstić information content (AvgIpc) is 2.80. The molecule has 6 nitrogen and oxygen atoms in total. The van der Waals surface area contributed by atoms with Crippen LogP contribution in [0.4, 0.5) is 10.2 Å². The molecule has 2 aliphatic rings. The van der Waals surface area contributed by atoms with E-state index >= 15 is 0 Å². The lowest BCUT2D eigenvalue weighted by atomic mass is 9.94. The highest BCUT2D eigenvalue weighted by atomic mass is 19.1. The van der Waals surface area contributed by atoms with Gasteiger partial charge < -0.3 is 14.5 Å². The number of methoxy groups -OCH3 is 1. The fourth-order valence-corrected chi connectivity index (χ4v) is 4.70. The zero-order chi connectivity index (χ0) is 22.9. The van der Waals surface area contributed by atoms with Crippen LogP contribution in [0.15, 0.2) is 24.3 Å². The SMILES string of the molecule is COC(C)(C)C(=O)N1CCCC(c2nc(C)c3c(n2)N(Cc2ccc(F)cc2)CCC3)C1. The van der Waals surface area contributed by atoms with Gasteiger partial charge in [-0.15, -0.1) is 0 Å². The van der Waals surface area contributed by atoms with E-state index in [0.29, 0.717) is 13.1 Å². The molecule has 0 radical (unpaired) electrons. The maximum Gasteiger partial charge on any atom is 0.254 e. The monoisotopic (exact) mass is 440 g/mol. The van der Waals surface area contributed by atoms with Crippen LogP contribution in [0.3, 0.4) is 0 Å². The predicted molar refractivity (Wildman–Crippen MR) is 122 cm³/mol. The molecule has 0 aliphatic carbocycles. The first-order valence-electron chi connectivity index (χ1n) is 11.5. The van der Waals surface area contributed by atoms with Crippen molar-refractivity contribution >= 4 is 11.7 Å². The van der Waals surface area contributed by atoms with Crippen molar-refractivity contribution in [3.63, 3.8) is 0 Å². The molecule has 1 saturated heterocycles. The van der Waals surface area contributed by atoms with E-state index in [9.17, 15) is 9.18 Å². The minimum atomic E-state index is -0.833. The van der Waals surface area contributed by atoms with Crippen LogP contribution in [0.2, 0.25) is 0 Å². The number of rotatable bonds is 5. The molecule has 1 unspecified atom stereocenters. The number of amides is 1. The second-order valence-corrected chi connectivity index (χ2v) is 9.43. The number of ether oxygens (including phenoxy) is 1. The molecular weight excluding hydrogens is 407 g/mol. The number of likely N-dealkylation sites (tertiary alicyclic amines) is 1. The third-order valence-electron chi connectivity index (χ3n) is 6.75. The van der Waals surface area contributed by atoms with E-state index in [-0.39, 0.29) is 17.6 Å². The lowest BCUT2D eigenvalue weighted by Crippen LogP contribution is -2.49. The molecule has 1 aromatic carbocycles. The lowest BCUT2D eigenvalue weighted by molar-refractivity contribution is -0.152. The van der Waals surface area contributed by atoms with E-state index in [4.69, 9.17) is 14.7 Å². The van der Waals surface area contributed by atoms with Gasteiger partial charge in [0.05, 0.1) is 0 Å². The molecule has 1 atom stereocenters. The van der Waals surface area contributed by atoms with Crippen LogP contribution in [0, 0.1) is 12.7 Å². The molecule has 3 heterocycles. The van der Waals surface area contributed by atoms with Crippen LogP contribution in [0.5, 0.6) is 0 Å². The number of hydrogen-bond acceptors (Lipinski definition) is 5. The Balaban J connectivity index is 1.59. The van der Waals surface area contributed by atoms with Gasteiger partial charge in [0, 0.05) is 50.5 Å². The quantitative estimate of drug-likeness (QED) is 0.703. The minimum Gasteiger partial charge on any atom is -0.369 e. The summed E-state index contributed by atoms with van der Waals surface area (Å²) in [7, 11) is 1.57. The van der Waals surface area contributed by atoms with E-state index < -0.39 is 5.60 Å². The third kappa shape index (κ3) is 4.63. The number of fused-ring (bicyclic) bond motifs is 1. The summed E-state index contributed by atoms with van der Waals surface area (Å²) in [5.41, 5.74) is 2.45. The van der Waals surface area contributed by atoms with Crippen molar-refractivity contribution in [1.82, 2.24) is 14.9 Å². The Bertz CT molecular complexity index is 977. The summed E-state index contributed by atoms with van der Waals surface area (Å²) in [6.07, 6.45) is 3.91. The molecular formula is C25H33FN4O2. The molecule has 2 aromatic rings. The number of piperidine rings is 1. The van der Waals surface area contributed by atoms with E-state index in [1.54, 1.807) is 7.11 Å². The Kier molecular flexibility index (Phi) is 6.47. The fourth-order valence-electron chi connectivity index (χ4n) is 4.70. The van der Waals surface area contributed by atoms with Crippen LogP contribution >= 0.6 is 0 Å². The number of hydrogen-bond donors (Lipinski definition) is 0. The second kappa shape index (κ2) is 9.14. The molecule has 1 fully saturated rings. The maximum atomic E-state index is 13.3. The van der Waals surface area contributed by atoms with Crippen molar-refractivity contribution in [2.45, 2.75) is 64.5 Å². The summed E-state index contributed by atoms with van der Waals surface area (Å²) >= 11 is 0. The average molecular weight is 441 g/mol. The molecule has 0 spiro atoms. The third-order valence-corrected chi connectivity index (χ3v) is 6.75. The van der Waals surface area contributed by atoms with Crippen LogP contribution in [0.25, 0.3) is 0 Å². The largest absolute Gasteiger partial charge is 0.369 e. The van der Waals surface area contributed by atoms with Crippen molar-refractivity contribution in [1.29, 1.82) is 0 Å². The van der Waals surface area contributed by atoms with Gasteiger partial charge in [-0.3, -0.25) is 4.79 Å². The molecule has 7 heteroatoms. The van der Waals surface area contributed by atoms with Gasteiger partial charge >= 0.3 is 0 Å². The Labute approximate surface area is 189 Å². The highest BCUT2D eigenvalue weighted by Crippen LogP contribution is 2.33. The van der Waals surface area contributed by atoms with E-state index in [1.165, 1.54) is 17.7 Å². The van der Waals surface area contributed by atoms with Gasteiger partial charge in [-0.05, 0) is 64.2 Å². The van der Waals surface area contributed by atoms with Crippen molar-refractivity contribution in [3.05, 3.63) is 52.7 Å². The topological polar surface area (TPSA) is 58.6 Å². The predicted octanol–water partition coefficient (Wildman–Crippen LogP) is 4.01. The molecule has 2 aliphatic heterocycles. The fraction of sp³-hybridized carbons (Fsp3) is 0.560. The number of aromatic nitrogens is 2. The van der Waals surface area contributed by atoms with Gasteiger partial charge in [-0.25, -0.2) is 14.4 Å². The Morgan fingerprint density at radius 2 is 1.94 bits per heavy atom. The number of nitrogens with zero attached hydrogens (tertiary/aromatic N) is 4. The summed E-state index contributed by atoms with van der Waals surface area (Å²) in [6, 6.07) is 6.68.